The van der Waals surface area contributed by atoms with Gasteiger partial charge in [0.1, 0.15) is 5.75 Å². The summed E-state index contributed by atoms with van der Waals surface area (Å²) in [5.74, 6) is 0.746. The Balaban J connectivity index is 2.20. The maximum Gasteiger partial charge on any atom is 0.183 e. The molecule has 4 nitrogen and oxygen atoms in total. The molecule has 1 heterocycles. The summed E-state index contributed by atoms with van der Waals surface area (Å²) in [5, 5.41) is 3.29. The third-order valence-corrected chi connectivity index (χ3v) is 4.00. The molecule has 0 radical (unpaired) electrons. The first-order chi connectivity index (χ1) is 9.13. The highest BCUT2D eigenvalue weighted by molar-refractivity contribution is 9.10. The smallest absolute Gasteiger partial charge is 0.183 e. The highest BCUT2D eigenvalue weighted by atomic mass is 79.9. The molecule has 0 spiro atoms. The third kappa shape index (κ3) is 3.35. The first-order valence-corrected chi connectivity index (χ1v) is 7.25. The highest BCUT2D eigenvalue weighted by Gasteiger charge is 2.25. The molecule has 5 heteroatoms. The molecule has 1 aliphatic rings. The van der Waals surface area contributed by atoms with Gasteiger partial charge in [-0.05, 0) is 25.1 Å². The molecule has 0 amide bonds. The predicted octanol–water partition coefficient (Wildman–Crippen LogP) is 1.93. The van der Waals surface area contributed by atoms with Gasteiger partial charge >= 0.3 is 0 Å². The van der Waals surface area contributed by atoms with Crippen LogP contribution in [0.5, 0.6) is 5.75 Å². The number of piperazine rings is 1. The fraction of sp³-hybridized carbons (Fsp3) is 0.500. The number of Topliss-reactive ketones (excluding diaryl/α,β-unsaturated/α-hetero) is 1. The van der Waals surface area contributed by atoms with Crippen molar-refractivity contribution in [3.8, 4) is 5.75 Å². The second-order valence-corrected chi connectivity index (χ2v) is 5.59. The van der Waals surface area contributed by atoms with Crippen LogP contribution in [0.15, 0.2) is 22.7 Å². The van der Waals surface area contributed by atoms with Crippen molar-refractivity contribution in [3.05, 3.63) is 28.2 Å². The van der Waals surface area contributed by atoms with Crippen LogP contribution < -0.4 is 10.1 Å². The van der Waals surface area contributed by atoms with Crippen molar-refractivity contribution >= 4 is 21.7 Å². The number of benzene rings is 1. The van der Waals surface area contributed by atoms with E-state index in [1.807, 2.05) is 25.1 Å². The van der Waals surface area contributed by atoms with Gasteiger partial charge in [0.2, 0.25) is 0 Å². The van der Waals surface area contributed by atoms with Crippen molar-refractivity contribution in [1.29, 1.82) is 0 Å². The molecule has 104 valence electrons. The van der Waals surface area contributed by atoms with Crippen LogP contribution in [0.2, 0.25) is 0 Å². The van der Waals surface area contributed by atoms with Crippen LogP contribution in [0.25, 0.3) is 0 Å². The number of halogens is 1. The molecule has 2 rings (SSSR count). The molecule has 1 fully saturated rings. The lowest BCUT2D eigenvalue weighted by Gasteiger charge is -2.32. The van der Waals surface area contributed by atoms with Gasteiger partial charge in [-0.25, -0.2) is 0 Å². The highest BCUT2D eigenvalue weighted by Crippen LogP contribution is 2.25. The third-order valence-electron chi connectivity index (χ3n) is 3.51. The fourth-order valence-corrected chi connectivity index (χ4v) is 2.69. The molecule has 1 saturated heterocycles. The second-order valence-electron chi connectivity index (χ2n) is 4.67. The molecule has 1 aromatic carbocycles. The first kappa shape index (κ1) is 14.5. The summed E-state index contributed by atoms with van der Waals surface area (Å²) in [6.07, 6.45) is 0. The van der Waals surface area contributed by atoms with Crippen molar-refractivity contribution in [2.75, 3.05) is 33.3 Å². The summed E-state index contributed by atoms with van der Waals surface area (Å²) in [4.78, 5) is 14.8. The quantitative estimate of drug-likeness (QED) is 0.858. The van der Waals surface area contributed by atoms with Gasteiger partial charge in [-0.2, -0.15) is 0 Å². The van der Waals surface area contributed by atoms with Crippen molar-refractivity contribution in [2.24, 2.45) is 0 Å². The monoisotopic (exact) mass is 326 g/mol. The first-order valence-electron chi connectivity index (χ1n) is 6.46. The molecule has 1 N–H and O–H groups in total. The molecule has 0 aliphatic carbocycles. The van der Waals surface area contributed by atoms with Crippen molar-refractivity contribution in [1.82, 2.24) is 10.2 Å². The van der Waals surface area contributed by atoms with Gasteiger partial charge in [-0.1, -0.05) is 15.9 Å². The summed E-state index contributed by atoms with van der Waals surface area (Å²) in [7, 11) is 1.59. The van der Waals surface area contributed by atoms with Crippen molar-refractivity contribution in [3.63, 3.8) is 0 Å². The molecule has 1 aromatic rings. The number of hydrogen-bond acceptors (Lipinski definition) is 4. The molecule has 0 aromatic heterocycles. The largest absolute Gasteiger partial charge is 0.496 e. The average molecular weight is 327 g/mol. The zero-order chi connectivity index (χ0) is 13.8. The normalized spacial score (nSPS) is 18.1. The van der Waals surface area contributed by atoms with Gasteiger partial charge in [-0.3, -0.25) is 9.69 Å². The lowest BCUT2D eigenvalue weighted by Crippen LogP contribution is -2.50. The number of carbonyl (C=O) groups excluding carboxylic acids is 1. The van der Waals surface area contributed by atoms with Gasteiger partial charge < -0.3 is 10.1 Å². The van der Waals surface area contributed by atoms with Crippen LogP contribution in [0, 0.1) is 0 Å². The molecule has 19 heavy (non-hydrogen) atoms. The van der Waals surface area contributed by atoms with E-state index in [4.69, 9.17) is 4.74 Å². The Hall–Kier alpha value is -0.910. The van der Waals surface area contributed by atoms with E-state index in [-0.39, 0.29) is 11.8 Å². The number of hydrogen-bond donors (Lipinski definition) is 1. The second kappa shape index (κ2) is 6.50. The summed E-state index contributed by atoms with van der Waals surface area (Å²) >= 11 is 3.41. The summed E-state index contributed by atoms with van der Waals surface area (Å²) < 4.78 is 6.18. The van der Waals surface area contributed by atoms with E-state index in [9.17, 15) is 4.79 Å². The van der Waals surface area contributed by atoms with Crippen LogP contribution in [-0.4, -0.2) is 50.0 Å². The lowest BCUT2D eigenvalue weighted by atomic mass is 10.0. The maximum absolute atomic E-state index is 12.6. The Morgan fingerprint density at radius 1 is 1.42 bits per heavy atom. The Kier molecular flexibility index (Phi) is 4.96. The molecule has 1 unspecified atom stereocenters. The van der Waals surface area contributed by atoms with E-state index in [0.29, 0.717) is 11.3 Å². The number of carbonyl (C=O) groups is 1. The van der Waals surface area contributed by atoms with Crippen molar-refractivity contribution < 1.29 is 9.53 Å². The van der Waals surface area contributed by atoms with Crippen LogP contribution in [0.4, 0.5) is 0 Å². The summed E-state index contributed by atoms with van der Waals surface area (Å²) in [6.45, 7) is 5.65. The number of methoxy groups -OCH3 is 1. The molecule has 0 bridgehead atoms. The number of nitrogens with zero attached hydrogens (tertiary/aromatic N) is 1. The SMILES string of the molecule is COc1ccc(Br)cc1C(=O)C(C)N1CCNCC1. The van der Waals surface area contributed by atoms with Crippen LogP contribution in [-0.2, 0) is 0 Å². The zero-order valence-electron chi connectivity index (χ0n) is 11.3. The van der Waals surface area contributed by atoms with Gasteiger partial charge in [-0.15, -0.1) is 0 Å². The van der Waals surface area contributed by atoms with E-state index in [2.05, 4.69) is 26.1 Å². The van der Waals surface area contributed by atoms with Gasteiger partial charge in [0, 0.05) is 30.7 Å². The Bertz CT molecular complexity index is 459. The Morgan fingerprint density at radius 2 is 2.11 bits per heavy atom. The Labute approximate surface area is 122 Å². The molecular formula is C14H19BrN2O2. The number of ketones is 1. The van der Waals surface area contributed by atoms with Crippen LogP contribution >= 0.6 is 15.9 Å². The average Bonchev–Trinajstić information content (AvgIpc) is 2.46. The maximum atomic E-state index is 12.6. The number of nitrogens with one attached hydrogen (secondary N) is 1. The number of ether oxygens (including phenoxy) is 1. The lowest BCUT2D eigenvalue weighted by molar-refractivity contribution is 0.0817. The summed E-state index contributed by atoms with van der Waals surface area (Å²) in [5.41, 5.74) is 0.642. The van der Waals surface area contributed by atoms with Gasteiger partial charge in [0.15, 0.2) is 5.78 Å². The van der Waals surface area contributed by atoms with Crippen LogP contribution in [0.3, 0.4) is 0 Å². The molecule has 1 atom stereocenters. The zero-order valence-corrected chi connectivity index (χ0v) is 12.9. The van der Waals surface area contributed by atoms with E-state index in [0.717, 1.165) is 30.7 Å². The molecule has 0 saturated carbocycles. The standard InChI is InChI=1S/C14H19BrN2O2/c1-10(17-7-5-16-6-8-17)14(18)12-9-11(15)3-4-13(12)19-2/h3-4,9-10,16H,5-8H2,1-2H3. The van der Waals surface area contributed by atoms with Crippen LogP contribution in [0.1, 0.15) is 17.3 Å². The molecular weight excluding hydrogens is 308 g/mol. The Morgan fingerprint density at radius 3 is 2.74 bits per heavy atom. The van der Waals surface area contributed by atoms with E-state index in [1.54, 1.807) is 7.11 Å². The van der Waals surface area contributed by atoms with E-state index in [1.165, 1.54) is 0 Å². The van der Waals surface area contributed by atoms with Gasteiger partial charge in [0.05, 0.1) is 18.7 Å². The number of rotatable bonds is 4. The fourth-order valence-electron chi connectivity index (χ4n) is 2.33. The van der Waals surface area contributed by atoms with E-state index < -0.39 is 0 Å². The topological polar surface area (TPSA) is 41.6 Å². The summed E-state index contributed by atoms with van der Waals surface area (Å²) in [6, 6.07) is 5.41. The van der Waals surface area contributed by atoms with E-state index >= 15 is 0 Å². The minimum atomic E-state index is -0.120. The molecule has 1 aliphatic heterocycles. The minimum Gasteiger partial charge on any atom is -0.496 e. The predicted molar refractivity (Wildman–Crippen MR) is 78.9 cm³/mol. The minimum absolute atomic E-state index is 0.111. The van der Waals surface area contributed by atoms with Gasteiger partial charge in [0.25, 0.3) is 0 Å². The van der Waals surface area contributed by atoms with Crippen molar-refractivity contribution in [2.45, 2.75) is 13.0 Å².